The normalized spacial score (nSPS) is 12.1. The summed E-state index contributed by atoms with van der Waals surface area (Å²) in [4.78, 5) is 28.7. The summed E-state index contributed by atoms with van der Waals surface area (Å²) in [6.45, 7) is 5.39. The van der Waals surface area contributed by atoms with Gasteiger partial charge in [-0.25, -0.2) is 0 Å². The molecule has 0 heterocycles. The number of hydrogen-bond donors (Lipinski definition) is 1. The maximum atomic E-state index is 13.7. The number of nitrogens with zero attached hydrogens (tertiary/aromatic N) is 1. The SMILES string of the molecule is CC(C)(C)NC(=O)[C@@H](Cc1ccccc1)N(Cc1ccc(Cl)cc1Cl)C(=O)COc1ccc(Cl)cc1Cl. The first-order valence-electron chi connectivity index (χ1n) is 11.6. The third-order valence-corrected chi connectivity index (χ3v) is 6.49. The van der Waals surface area contributed by atoms with Crippen molar-refractivity contribution in [2.45, 2.75) is 45.3 Å². The summed E-state index contributed by atoms with van der Waals surface area (Å²) in [5, 5.41) is 4.60. The Bertz CT molecular complexity index is 1250. The number of benzene rings is 3. The minimum absolute atomic E-state index is 0.0710. The molecule has 0 aliphatic heterocycles. The molecule has 5 nitrogen and oxygen atoms in total. The van der Waals surface area contributed by atoms with Crippen LogP contribution in [0.1, 0.15) is 31.9 Å². The summed E-state index contributed by atoms with van der Waals surface area (Å²) in [6.07, 6.45) is 0.293. The lowest BCUT2D eigenvalue weighted by atomic mass is 10.0. The Kier molecular flexibility index (Phi) is 10.1. The molecule has 0 spiro atoms. The molecular formula is C28H28Cl4N2O3. The van der Waals surface area contributed by atoms with Crippen LogP contribution < -0.4 is 10.1 Å². The van der Waals surface area contributed by atoms with Crippen LogP contribution in [-0.2, 0) is 22.6 Å². The summed E-state index contributed by atoms with van der Waals surface area (Å²) in [5.41, 5.74) is 1.04. The summed E-state index contributed by atoms with van der Waals surface area (Å²) < 4.78 is 5.74. The molecule has 9 heteroatoms. The summed E-state index contributed by atoms with van der Waals surface area (Å²) in [5.74, 6) is -0.399. The van der Waals surface area contributed by atoms with Crippen LogP contribution in [0.25, 0.3) is 0 Å². The fraction of sp³-hybridized carbons (Fsp3) is 0.286. The van der Waals surface area contributed by atoms with E-state index >= 15 is 0 Å². The predicted molar refractivity (Wildman–Crippen MR) is 151 cm³/mol. The van der Waals surface area contributed by atoms with Gasteiger partial charge in [-0.05, 0) is 62.2 Å². The molecule has 37 heavy (non-hydrogen) atoms. The lowest BCUT2D eigenvalue weighted by Gasteiger charge is -2.34. The van der Waals surface area contributed by atoms with Crippen molar-refractivity contribution in [3.05, 3.63) is 97.9 Å². The van der Waals surface area contributed by atoms with Gasteiger partial charge < -0.3 is 15.0 Å². The maximum Gasteiger partial charge on any atom is 0.261 e. The molecular weight excluding hydrogens is 554 g/mol. The highest BCUT2D eigenvalue weighted by Crippen LogP contribution is 2.28. The minimum Gasteiger partial charge on any atom is -0.482 e. The fourth-order valence-corrected chi connectivity index (χ4v) is 4.59. The van der Waals surface area contributed by atoms with E-state index in [0.29, 0.717) is 32.8 Å². The maximum absolute atomic E-state index is 13.7. The Morgan fingerprint density at radius 3 is 2.11 bits per heavy atom. The third-order valence-electron chi connectivity index (χ3n) is 5.37. The van der Waals surface area contributed by atoms with E-state index in [0.717, 1.165) is 5.56 Å². The number of amides is 2. The highest BCUT2D eigenvalue weighted by Gasteiger charge is 2.33. The number of carbonyl (C=O) groups is 2. The third kappa shape index (κ3) is 8.82. The number of hydrogen-bond acceptors (Lipinski definition) is 3. The van der Waals surface area contributed by atoms with Gasteiger partial charge in [0.25, 0.3) is 5.91 Å². The van der Waals surface area contributed by atoms with E-state index in [1.54, 1.807) is 30.3 Å². The van der Waals surface area contributed by atoms with Gasteiger partial charge in [0.15, 0.2) is 6.61 Å². The van der Waals surface area contributed by atoms with Crippen LogP contribution in [0, 0.1) is 0 Å². The van der Waals surface area contributed by atoms with E-state index in [9.17, 15) is 9.59 Å². The first-order valence-corrected chi connectivity index (χ1v) is 13.1. The van der Waals surface area contributed by atoms with Gasteiger partial charge >= 0.3 is 0 Å². The van der Waals surface area contributed by atoms with Gasteiger partial charge in [0.2, 0.25) is 5.91 Å². The average molecular weight is 582 g/mol. The van der Waals surface area contributed by atoms with Crippen molar-refractivity contribution in [1.29, 1.82) is 0 Å². The van der Waals surface area contributed by atoms with Crippen LogP contribution in [0.2, 0.25) is 20.1 Å². The first kappa shape index (κ1) is 29.1. The van der Waals surface area contributed by atoms with Gasteiger partial charge in [-0.15, -0.1) is 0 Å². The number of rotatable bonds is 9. The highest BCUT2D eigenvalue weighted by molar-refractivity contribution is 6.35. The van der Waals surface area contributed by atoms with Gasteiger partial charge in [0, 0.05) is 33.6 Å². The molecule has 3 aromatic carbocycles. The molecule has 0 bridgehead atoms. The van der Waals surface area contributed by atoms with Crippen molar-refractivity contribution in [2.75, 3.05) is 6.61 Å². The van der Waals surface area contributed by atoms with Crippen molar-refractivity contribution >= 4 is 58.2 Å². The molecule has 3 rings (SSSR count). The zero-order valence-electron chi connectivity index (χ0n) is 20.7. The summed E-state index contributed by atoms with van der Waals surface area (Å²) >= 11 is 24.7. The molecule has 0 saturated heterocycles. The Labute approximate surface area is 237 Å². The Balaban J connectivity index is 1.97. The molecule has 196 valence electrons. The van der Waals surface area contributed by atoms with Crippen LogP contribution >= 0.6 is 46.4 Å². The zero-order chi connectivity index (χ0) is 27.2. The summed E-state index contributed by atoms with van der Waals surface area (Å²) in [6, 6.07) is 18.4. The second-order valence-electron chi connectivity index (χ2n) is 9.57. The van der Waals surface area contributed by atoms with Gasteiger partial charge in [0.05, 0.1) is 5.02 Å². The molecule has 0 radical (unpaired) electrons. The van der Waals surface area contributed by atoms with Crippen LogP contribution in [0.3, 0.4) is 0 Å². The standard InChI is InChI=1S/C28H28Cl4N2O3/c1-28(2,3)33-27(36)24(13-18-7-5-4-6-8-18)34(16-19-9-10-20(29)14-22(19)31)26(35)17-37-25-12-11-21(30)15-23(25)32/h4-12,14-15,24H,13,16-17H2,1-3H3,(H,33,36)/t24-/m1/s1. The second kappa shape index (κ2) is 12.9. The predicted octanol–water partition coefficient (Wildman–Crippen LogP) is 7.23. The van der Waals surface area contributed by atoms with E-state index in [2.05, 4.69) is 5.32 Å². The van der Waals surface area contributed by atoms with E-state index in [4.69, 9.17) is 51.1 Å². The molecule has 0 aliphatic carbocycles. The molecule has 0 aliphatic rings. The number of ether oxygens (including phenoxy) is 1. The molecule has 3 aromatic rings. The molecule has 0 fully saturated rings. The Morgan fingerprint density at radius 1 is 0.892 bits per heavy atom. The van der Waals surface area contributed by atoms with E-state index in [1.165, 1.54) is 11.0 Å². The lowest BCUT2D eigenvalue weighted by Crippen LogP contribution is -2.55. The molecule has 0 aromatic heterocycles. The summed E-state index contributed by atoms with van der Waals surface area (Å²) in [7, 11) is 0. The zero-order valence-corrected chi connectivity index (χ0v) is 23.8. The van der Waals surface area contributed by atoms with Crippen LogP contribution in [0.4, 0.5) is 0 Å². The van der Waals surface area contributed by atoms with Gasteiger partial charge in [-0.1, -0.05) is 82.8 Å². The smallest absolute Gasteiger partial charge is 0.261 e. The second-order valence-corrected chi connectivity index (χ2v) is 11.3. The van der Waals surface area contributed by atoms with E-state index in [-0.39, 0.29) is 24.1 Å². The van der Waals surface area contributed by atoms with Crippen molar-refractivity contribution in [1.82, 2.24) is 10.2 Å². The van der Waals surface area contributed by atoms with E-state index < -0.39 is 17.5 Å². The van der Waals surface area contributed by atoms with Crippen molar-refractivity contribution in [3.63, 3.8) is 0 Å². The quantitative estimate of drug-likeness (QED) is 0.290. The molecule has 2 amide bonds. The van der Waals surface area contributed by atoms with Crippen molar-refractivity contribution < 1.29 is 14.3 Å². The molecule has 1 N–H and O–H groups in total. The van der Waals surface area contributed by atoms with Gasteiger partial charge in [-0.3, -0.25) is 9.59 Å². The molecule has 0 saturated carbocycles. The van der Waals surface area contributed by atoms with Gasteiger partial charge in [0.1, 0.15) is 11.8 Å². The van der Waals surface area contributed by atoms with Crippen LogP contribution in [0.5, 0.6) is 5.75 Å². The number of halogens is 4. The number of carbonyl (C=O) groups excluding carboxylic acids is 2. The molecule has 0 unspecified atom stereocenters. The van der Waals surface area contributed by atoms with E-state index in [1.807, 2.05) is 51.1 Å². The van der Waals surface area contributed by atoms with Crippen molar-refractivity contribution in [3.8, 4) is 5.75 Å². The van der Waals surface area contributed by atoms with Crippen LogP contribution in [0.15, 0.2) is 66.7 Å². The Hall–Kier alpha value is -2.44. The Morgan fingerprint density at radius 2 is 1.51 bits per heavy atom. The van der Waals surface area contributed by atoms with Gasteiger partial charge in [-0.2, -0.15) is 0 Å². The van der Waals surface area contributed by atoms with Crippen molar-refractivity contribution in [2.24, 2.45) is 0 Å². The first-order chi connectivity index (χ1) is 17.4. The fourth-order valence-electron chi connectivity index (χ4n) is 3.65. The highest BCUT2D eigenvalue weighted by atomic mass is 35.5. The number of nitrogens with one attached hydrogen (secondary N) is 1. The monoisotopic (exact) mass is 580 g/mol. The minimum atomic E-state index is -0.842. The average Bonchev–Trinajstić information content (AvgIpc) is 2.81. The topological polar surface area (TPSA) is 58.6 Å². The largest absolute Gasteiger partial charge is 0.482 e. The van der Waals surface area contributed by atoms with Crippen LogP contribution in [-0.4, -0.2) is 34.9 Å². The lowest BCUT2D eigenvalue weighted by molar-refractivity contribution is -0.143. The molecule has 1 atom stereocenters.